The van der Waals surface area contributed by atoms with Gasteiger partial charge in [-0.1, -0.05) is 39.0 Å². The maximum absolute atomic E-state index is 10.1. The molecule has 0 atom stereocenters. The molecule has 2 aromatic rings. The van der Waals surface area contributed by atoms with E-state index in [2.05, 4.69) is 57.0 Å². The zero-order chi connectivity index (χ0) is 17.5. The van der Waals surface area contributed by atoms with Gasteiger partial charge in [-0.25, -0.2) is 0 Å². The van der Waals surface area contributed by atoms with E-state index >= 15 is 0 Å². The smallest absolute Gasteiger partial charge is 0.192 e. The Morgan fingerprint density at radius 3 is 2.48 bits per heavy atom. The first-order valence-corrected chi connectivity index (χ1v) is 11.0. The van der Waals surface area contributed by atoms with Crippen molar-refractivity contribution >= 4 is 25.5 Å². The van der Waals surface area contributed by atoms with Crippen LogP contribution in [0.5, 0.6) is 0 Å². The molecule has 0 amide bonds. The van der Waals surface area contributed by atoms with Crippen molar-refractivity contribution in [2.24, 2.45) is 5.73 Å². The third-order valence-electron chi connectivity index (χ3n) is 4.41. The highest BCUT2D eigenvalue weighted by atomic mass is 28.4. The number of hydrogen-bond donors (Lipinski definition) is 2. The Morgan fingerprint density at radius 1 is 1.26 bits per heavy atom. The number of benzene rings is 1. The molecule has 2 rings (SSSR count). The second-order valence-corrected chi connectivity index (χ2v) is 11.9. The van der Waals surface area contributed by atoms with Gasteiger partial charge in [-0.05, 0) is 42.7 Å². The lowest BCUT2D eigenvalue weighted by molar-refractivity contribution is -0.109. The molecule has 128 valence electrons. The number of nitrogens with two attached hydrogens (primary N) is 1. The fraction of sp³-hybridized carbons (Fsp3) is 0.500. The van der Waals surface area contributed by atoms with Gasteiger partial charge < -0.3 is 19.9 Å². The monoisotopic (exact) mass is 334 g/mol. The summed E-state index contributed by atoms with van der Waals surface area (Å²) in [4.78, 5) is 13.3. The van der Waals surface area contributed by atoms with Crippen LogP contribution >= 0.6 is 0 Å². The first-order chi connectivity index (χ1) is 10.7. The van der Waals surface area contributed by atoms with E-state index in [9.17, 15) is 4.79 Å². The van der Waals surface area contributed by atoms with E-state index < -0.39 is 8.32 Å². The number of nitrogens with one attached hydrogen (secondary N) is 1. The minimum Gasteiger partial charge on any atom is -0.410 e. The molecule has 1 heterocycles. The Labute approximate surface area is 140 Å². The third-order valence-corrected chi connectivity index (χ3v) is 8.91. The summed E-state index contributed by atoms with van der Waals surface area (Å²) in [6.07, 6.45) is 3.81. The second-order valence-electron chi connectivity index (χ2n) is 7.14. The lowest BCUT2D eigenvalue weighted by Crippen LogP contribution is -2.41. The van der Waals surface area contributed by atoms with Crippen LogP contribution in [0.15, 0.2) is 30.5 Å². The lowest BCUT2D eigenvalue weighted by Gasteiger charge is -2.35. The predicted octanol–water partition coefficient (Wildman–Crippen LogP) is 3.88. The van der Waals surface area contributed by atoms with E-state index in [1.807, 2.05) is 12.3 Å². The first kappa shape index (κ1) is 19.6. The van der Waals surface area contributed by atoms with Crippen molar-refractivity contribution in [1.29, 1.82) is 0 Å². The summed E-state index contributed by atoms with van der Waals surface area (Å²) in [7, 11) is -1.66. The standard InChI is InChI=1S/C10H12N2.C8H18O2Si/c11-6-5-8-7-12-10-4-2-1-3-9(8)10;1-8(2,3)11(4,5)10-7-6-9/h1-4,7,12H,5-6,11H2;6H,7H2,1-5H3. The summed E-state index contributed by atoms with van der Waals surface area (Å²) in [6, 6.07) is 8.29. The molecule has 0 bridgehead atoms. The van der Waals surface area contributed by atoms with Gasteiger partial charge in [0.15, 0.2) is 8.32 Å². The zero-order valence-electron chi connectivity index (χ0n) is 15.0. The molecule has 0 saturated carbocycles. The molecule has 0 fully saturated rings. The van der Waals surface area contributed by atoms with Crippen molar-refractivity contribution in [2.75, 3.05) is 13.2 Å². The van der Waals surface area contributed by atoms with Crippen LogP contribution in [0.2, 0.25) is 18.1 Å². The molecule has 4 nitrogen and oxygen atoms in total. The van der Waals surface area contributed by atoms with E-state index in [1.165, 1.54) is 16.5 Å². The Balaban J connectivity index is 0.000000232. The summed E-state index contributed by atoms with van der Waals surface area (Å²) < 4.78 is 5.51. The van der Waals surface area contributed by atoms with Gasteiger partial charge in [0, 0.05) is 17.1 Å². The molecule has 0 radical (unpaired) electrons. The van der Waals surface area contributed by atoms with Crippen LogP contribution in [0, 0.1) is 0 Å². The largest absolute Gasteiger partial charge is 0.410 e. The van der Waals surface area contributed by atoms with Gasteiger partial charge in [-0.2, -0.15) is 0 Å². The highest BCUT2D eigenvalue weighted by Crippen LogP contribution is 2.36. The minimum atomic E-state index is -1.66. The quantitative estimate of drug-likeness (QED) is 0.644. The van der Waals surface area contributed by atoms with E-state index in [-0.39, 0.29) is 11.6 Å². The summed E-state index contributed by atoms with van der Waals surface area (Å²) in [5, 5.41) is 1.50. The molecule has 1 aromatic heterocycles. The number of aldehydes is 1. The normalized spacial score (nSPS) is 11.9. The van der Waals surface area contributed by atoms with Crippen LogP contribution in [-0.4, -0.2) is 32.7 Å². The molecule has 0 aliphatic rings. The fourth-order valence-corrected chi connectivity index (χ4v) is 2.87. The molecule has 5 heteroatoms. The van der Waals surface area contributed by atoms with Crippen molar-refractivity contribution < 1.29 is 9.22 Å². The third kappa shape index (κ3) is 5.60. The molecular weight excluding hydrogens is 304 g/mol. The van der Waals surface area contributed by atoms with Gasteiger partial charge >= 0.3 is 0 Å². The molecule has 3 N–H and O–H groups in total. The molecule has 0 spiro atoms. The summed E-state index contributed by atoms with van der Waals surface area (Å²) in [5.74, 6) is 0. The molecule has 0 saturated heterocycles. The van der Waals surface area contributed by atoms with Gasteiger partial charge in [0.05, 0.1) is 6.61 Å². The summed E-state index contributed by atoms with van der Waals surface area (Å²) in [5.41, 5.74) is 8.01. The average Bonchev–Trinajstić information content (AvgIpc) is 2.89. The molecule has 1 aromatic carbocycles. The van der Waals surface area contributed by atoms with Gasteiger partial charge in [0.25, 0.3) is 0 Å². The van der Waals surface area contributed by atoms with Crippen molar-refractivity contribution in [3.63, 3.8) is 0 Å². The van der Waals surface area contributed by atoms with Crippen LogP contribution in [0.3, 0.4) is 0 Å². The lowest BCUT2D eigenvalue weighted by atomic mass is 10.1. The fourth-order valence-electron chi connectivity index (χ4n) is 1.95. The van der Waals surface area contributed by atoms with E-state index in [0.717, 1.165) is 12.7 Å². The molecule has 0 unspecified atom stereocenters. The van der Waals surface area contributed by atoms with E-state index in [1.54, 1.807) is 0 Å². The van der Waals surface area contributed by atoms with Gasteiger partial charge in [0.1, 0.15) is 6.29 Å². The topological polar surface area (TPSA) is 68.1 Å². The Morgan fingerprint density at radius 2 is 1.91 bits per heavy atom. The number of carbonyl (C=O) groups excluding carboxylic acids is 1. The van der Waals surface area contributed by atoms with E-state index in [0.29, 0.717) is 6.54 Å². The second kappa shape index (κ2) is 8.43. The number of rotatable bonds is 5. The van der Waals surface area contributed by atoms with Crippen molar-refractivity contribution in [2.45, 2.75) is 45.3 Å². The highest BCUT2D eigenvalue weighted by molar-refractivity contribution is 6.74. The molecule has 23 heavy (non-hydrogen) atoms. The number of aromatic amines is 1. The van der Waals surface area contributed by atoms with Crippen molar-refractivity contribution in [1.82, 2.24) is 4.98 Å². The number of hydrogen-bond acceptors (Lipinski definition) is 3. The van der Waals surface area contributed by atoms with Crippen LogP contribution in [0.1, 0.15) is 26.3 Å². The maximum Gasteiger partial charge on any atom is 0.192 e. The summed E-state index contributed by atoms with van der Waals surface area (Å²) in [6.45, 7) is 11.7. The maximum atomic E-state index is 10.1. The van der Waals surface area contributed by atoms with Crippen molar-refractivity contribution in [3.8, 4) is 0 Å². The average molecular weight is 335 g/mol. The summed E-state index contributed by atoms with van der Waals surface area (Å²) >= 11 is 0. The molecule has 0 aliphatic carbocycles. The highest BCUT2D eigenvalue weighted by Gasteiger charge is 2.36. The SMILES string of the molecule is CC(C)(C)[Si](C)(C)OCC=O.NCCc1c[nH]c2ccccc12. The molecular formula is C18H30N2O2Si. The van der Waals surface area contributed by atoms with Crippen LogP contribution in [-0.2, 0) is 15.6 Å². The Bertz CT molecular complexity index is 615. The van der Waals surface area contributed by atoms with Crippen molar-refractivity contribution in [3.05, 3.63) is 36.0 Å². The minimum absolute atomic E-state index is 0.204. The van der Waals surface area contributed by atoms with Crippen LogP contribution in [0.25, 0.3) is 10.9 Å². The number of aromatic nitrogens is 1. The number of carbonyl (C=O) groups is 1. The zero-order valence-corrected chi connectivity index (χ0v) is 16.0. The Hall–Kier alpha value is -1.43. The van der Waals surface area contributed by atoms with Gasteiger partial charge in [0.2, 0.25) is 0 Å². The molecule has 0 aliphatic heterocycles. The first-order valence-electron chi connectivity index (χ1n) is 8.05. The van der Waals surface area contributed by atoms with Crippen LogP contribution in [0.4, 0.5) is 0 Å². The number of para-hydroxylation sites is 1. The van der Waals surface area contributed by atoms with Gasteiger partial charge in [-0.15, -0.1) is 0 Å². The number of H-pyrrole nitrogens is 1. The van der Waals surface area contributed by atoms with Crippen LogP contribution < -0.4 is 5.73 Å². The Kier molecular flexibility index (Phi) is 7.19. The van der Waals surface area contributed by atoms with E-state index in [4.69, 9.17) is 10.2 Å². The number of fused-ring (bicyclic) bond motifs is 1. The predicted molar refractivity (Wildman–Crippen MR) is 100 cm³/mol. The van der Waals surface area contributed by atoms with Gasteiger partial charge in [-0.3, -0.25) is 0 Å².